The molecule has 0 N–H and O–H groups in total. The molecule has 0 saturated heterocycles. The summed E-state index contributed by atoms with van der Waals surface area (Å²) in [5.41, 5.74) is 0. The van der Waals surface area contributed by atoms with E-state index in [-0.39, 0.29) is 0 Å². The van der Waals surface area contributed by atoms with Gasteiger partial charge in [0.1, 0.15) is 0 Å². The summed E-state index contributed by atoms with van der Waals surface area (Å²) in [6, 6.07) is 4.19. The van der Waals surface area contributed by atoms with Crippen molar-refractivity contribution < 1.29 is 0 Å². The lowest BCUT2D eigenvalue weighted by atomic mass is 10.1. The molecule has 1 aromatic rings. The van der Waals surface area contributed by atoms with Gasteiger partial charge in [0.15, 0.2) is 0 Å². The Morgan fingerprint density at radius 1 is 0.733 bits per heavy atom. The molecule has 0 bridgehead atoms. The van der Waals surface area contributed by atoms with Gasteiger partial charge < -0.3 is 4.57 Å². The average Bonchev–Trinajstić information content (AvgIpc) is 2.75. The first-order valence-electron chi connectivity index (χ1n) is 6.15. The summed E-state index contributed by atoms with van der Waals surface area (Å²) in [6.45, 7) is 1.18. The number of hydrogen-bond acceptors (Lipinski definition) is 1. The summed E-state index contributed by atoms with van der Waals surface area (Å²) in [7, 11) is 0. The minimum absolute atomic E-state index is 1.05. The second-order valence-electron chi connectivity index (χ2n) is 4.12. The molecule has 0 radical (unpaired) electrons. The van der Waals surface area contributed by atoms with Gasteiger partial charge in [-0.3, -0.25) is 0 Å². The molecule has 0 saturated carbocycles. The highest BCUT2D eigenvalue weighted by molar-refractivity contribution is 7.80. The van der Waals surface area contributed by atoms with E-state index in [1.54, 1.807) is 0 Å². The molecule has 1 nitrogen and oxygen atoms in total. The second-order valence-corrected chi connectivity index (χ2v) is 4.57. The molecular formula is C13H23NS. The van der Waals surface area contributed by atoms with Crippen LogP contribution in [0.1, 0.15) is 44.9 Å². The molecule has 0 fully saturated rings. The van der Waals surface area contributed by atoms with Crippen molar-refractivity contribution in [2.45, 2.75) is 51.5 Å². The standard InChI is InChI=1S/C13H23NS/c15-13-9-5-3-1-2-4-6-10-14-11-7-8-12-14/h7-8,11-12,15H,1-6,9-10,13H2. The molecule has 0 aromatic carbocycles. The van der Waals surface area contributed by atoms with Crippen molar-refractivity contribution in [3.8, 4) is 0 Å². The minimum atomic E-state index is 1.05. The van der Waals surface area contributed by atoms with Gasteiger partial charge in [0, 0.05) is 18.9 Å². The Morgan fingerprint density at radius 2 is 1.27 bits per heavy atom. The first-order valence-corrected chi connectivity index (χ1v) is 6.78. The Hall–Kier alpha value is -0.370. The summed E-state index contributed by atoms with van der Waals surface area (Å²) < 4.78 is 2.26. The molecule has 1 aromatic heterocycles. The van der Waals surface area contributed by atoms with Gasteiger partial charge in [0.2, 0.25) is 0 Å². The number of aromatic nitrogens is 1. The molecule has 0 aliphatic rings. The number of hydrogen-bond donors (Lipinski definition) is 1. The zero-order chi connectivity index (χ0) is 10.8. The molecule has 0 aliphatic heterocycles. The van der Waals surface area contributed by atoms with Gasteiger partial charge >= 0.3 is 0 Å². The Morgan fingerprint density at radius 3 is 1.87 bits per heavy atom. The van der Waals surface area contributed by atoms with E-state index in [0.717, 1.165) is 5.75 Å². The van der Waals surface area contributed by atoms with Gasteiger partial charge in [-0.15, -0.1) is 0 Å². The van der Waals surface area contributed by atoms with E-state index in [1.807, 2.05) is 0 Å². The largest absolute Gasteiger partial charge is 0.354 e. The smallest absolute Gasteiger partial charge is 0.0219 e. The molecule has 0 spiro atoms. The van der Waals surface area contributed by atoms with Crippen molar-refractivity contribution in [1.82, 2.24) is 4.57 Å². The summed E-state index contributed by atoms with van der Waals surface area (Å²) in [4.78, 5) is 0. The Labute approximate surface area is 99.3 Å². The van der Waals surface area contributed by atoms with Crippen molar-refractivity contribution in [3.63, 3.8) is 0 Å². The Bertz CT molecular complexity index is 218. The van der Waals surface area contributed by atoms with Crippen LogP contribution in [0, 0.1) is 0 Å². The molecule has 2 heteroatoms. The highest BCUT2D eigenvalue weighted by Gasteiger charge is 1.92. The zero-order valence-electron chi connectivity index (χ0n) is 9.57. The molecule has 0 aliphatic carbocycles. The average molecular weight is 225 g/mol. The van der Waals surface area contributed by atoms with Gasteiger partial charge in [0.05, 0.1) is 0 Å². The minimum Gasteiger partial charge on any atom is -0.354 e. The van der Waals surface area contributed by atoms with Crippen LogP contribution in [0.4, 0.5) is 0 Å². The van der Waals surface area contributed by atoms with E-state index in [4.69, 9.17) is 0 Å². The lowest BCUT2D eigenvalue weighted by molar-refractivity contribution is 0.552. The molecular weight excluding hydrogens is 202 g/mol. The third-order valence-corrected chi connectivity index (χ3v) is 3.06. The van der Waals surface area contributed by atoms with Gasteiger partial charge in [-0.1, -0.05) is 32.1 Å². The molecule has 86 valence electrons. The maximum absolute atomic E-state index is 4.21. The van der Waals surface area contributed by atoms with Gasteiger partial charge in [-0.25, -0.2) is 0 Å². The predicted octanol–water partition coefficient (Wildman–Crippen LogP) is 4.15. The predicted molar refractivity (Wildman–Crippen MR) is 70.6 cm³/mol. The lowest BCUT2D eigenvalue weighted by Crippen LogP contribution is -1.93. The molecule has 1 rings (SSSR count). The second kappa shape index (κ2) is 8.90. The van der Waals surface area contributed by atoms with E-state index in [9.17, 15) is 0 Å². The van der Waals surface area contributed by atoms with E-state index in [0.29, 0.717) is 0 Å². The van der Waals surface area contributed by atoms with Crippen LogP contribution in [0.25, 0.3) is 0 Å². The summed E-state index contributed by atoms with van der Waals surface area (Å²) in [5, 5.41) is 0. The highest BCUT2D eigenvalue weighted by Crippen LogP contribution is 2.08. The maximum Gasteiger partial charge on any atom is 0.0219 e. The fraction of sp³-hybridized carbons (Fsp3) is 0.692. The van der Waals surface area contributed by atoms with Gasteiger partial charge in [0.25, 0.3) is 0 Å². The highest BCUT2D eigenvalue weighted by atomic mass is 32.1. The van der Waals surface area contributed by atoms with Crippen molar-refractivity contribution in [3.05, 3.63) is 24.5 Å². The number of aryl methyl sites for hydroxylation is 1. The zero-order valence-corrected chi connectivity index (χ0v) is 10.5. The number of nitrogens with zero attached hydrogens (tertiary/aromatic N) is 1. The molecule has 0 atom stereocenters. The van der Waals surface area contributed by atoms with Crippen LogP contribution >= 0.6 is 12.6 Å². The summed E-state index contributed by atoms with van der Waals surface area (Å²) in [6.07, 6.45) is 13.8. The summed E-state index contributed by atoms with van der Waals surface area (Å²) in [5.74, 6) is 1.05. The SMILES string of the molecule is SCCCCCCCCCn1cccc1. The third-order valence-electron chi connectivity index (χ3n) is 2.74. The first-order chi connectivity index (χ1) is 7.43. The number of rotatable bonds is 9. The van der Waals surface area contributed by atoms with E-state index in [2.05, 4.69) is 41.7 Å². The molecule has 15 heavy (non-hydrogen) atoms. The van der Waals surface area contributed by atoms with Crippen LogP contribution in [0.2, 0.25) is 0 Å². The summed E-state index contributed by atoms with van der Waals surface area (Å²) >= 11 is 4.21. The monoisotopic (exact) mass is 225 g/mol. The number of unbranched alkanes of at least 4 members (excludes halogenated alkanes) is 6. The van der Waals surface area contributed by atoms with Crippen LogP contribution in [0.3, 0.4) is 0 Å². The van der Waals surface area contributed by atoms with Crippen LogP contribution in [-0.2, 0) is 6.54 Å². The van der Waals surface area contributed by atoms with Crippen molar-refractivity contribution in [2.75, 3.05) is 5.75 Å². The molecule has 1 heterocycles. The fourth-order valence-electron chi connectivity index (χ4n) is 1.81. The molecule has 0 unspecified atom stereocenters. The number of thiol groups is 1. The first kappa shape index (κ1) is 12.7. The van der Waals surface area contributed by atoms with Crippen molar-refractivity contribution in [2.24, 2.45) is 0 Å². The Kier molecular flexibility index (Phi) is 7.53. The van der Waals surface area contributed by atoms with Crippen LogP contribution < -0.4 is 0 Å². The maximum atomic E-state index is 4.21. The molecule has 0 amide bonds. The van der Waals surface area contributed by atoms with E-state index in [1.165, 1.54) is 51.5 Å². The topological polar surface area (TPSA) is 4.93 Å². The van der Waals surface area contributed by atoms with Crippen LogP contribution in [0.5, 0.6) is 0 Å². The van der Waals surface area contributed by atoms with Crippen LogP contribution in [0.15, 0.2) is 24.5 Å². The lowest BCUT2D eigenvalue weighted by Gasteiger charge is -2.03. The van der Waals surface area contributed by atoms with Crippen LogP contribution in [-0.4, -0.2) is 10.3 Å². The third kappa shape index (κ3) is 6.67. The fourth-order valence-corrected chi connectivity index (χ4v) is 2.03. The van der Waals surface area contributed by atoms with Gasteiger partial charge in [-0.2, -0.15) is 12.6 Å². The van der Waals surface area contributed by atoms with E-state index < -0.39 is 0 Å². The quantitative estimate of drug-likeness (QED) is 0.476. The Balaban J connectivity index is 1.81. The van der Waals surface area contributed by atoms with Gasteiger partial charge in [-0.05, 0) is 30.7 Å². The van der Waals surface area contributed by atoms with Crippen molar-refractivity contribution in [1.29, 1.82) is 0 Å². The normalized spacial score (nSPS) is 10.7. The van der Waals surface area contributed by atoms with Crippen molar-refractivity contribution >= 4 is 12.6 Å². The van der Waals surface area contributed by atoms with E-state index >= 15 is 0 Å².